The van der Waals surface area contributed by atoms with E-state index in [0.29, 0.717) is 27.3 Å². The molecule has 0 aliphatic rings. The molecule has 0 amide bonds. The maximum Gasteiger partial charge on any atom is 0.206 e. The van der Waals surface area contributed by atoms with E-state index in [-0.39, 0.29) is 12.4 Å². The standard InChI is InChI=1S/C24H14N2O2S/c25-13-16-8-10-19(11-9-16)22(27)24-23(20-6-1-2-7-21(20)29-24)28-15-18-5-3-4-17(12-18)14-26/h1-12H,15H2. The van der Waals surface area contributed by atoms with E-state index in [1.54, 1.807) is 36.4 Å². The zero-order valence-corrected chi connectivity index (χ0v) is 16.1. The molecule has 3 aromatic carbocycles. The second-order valence-electron chi connectivity index (χ2n) is 6.38. The fourth-order valence-corrected chi connectivity index (χ4v) is 4.14. The highest BCUT2D eigenvalue weighted by molar-refractivity contribution is 7.21. The smallest absolute Gasteiger partial charge is 0.206 e. The quantitative estimate of drug-likeness (QED) is 0.422. The van der Waals surface area contributed by atoms with Gasteiger partial charge in [-0.15, -0.1) is 11.3 Å². The van der Waals surface area contributed by atoms with Crippen molar-refractivity contribution < 1.29 is 9.53 Å². The van der Waals surface area contributed by atoms with Gasteiger partial charge < -0.3 is 4.74 Å². The SMILES string of the molecule is N#Cc1ccc(C(=O)c2sc3ccccc3c2OCc2cccc(C#N)c2)cc1. The lowest BCUT2D eigenvalue weighted by Crippen LogP contribution is -2.03. The van der Waals surface area contributed by atoms with Crippen LogP contribution in [0.3, 0.4) is 0 Å². The highest BCUT2D eigenvalue weighted by atomic mass is 32.1. The number of hydrogen-bond donors (Lipinski definition) is 0. The van der Waals surface area contributed by atoms with Crippen LogP contribution in [0.25, 0.3) is 10.1 Å². The van der Waals surface area contributed by atoms with E-state index in [4.69, 9.17) is 15.3 Å². The van der Waals surface area contributed by atoms with E-state index < -0.39 is 0 Å². The molecule has 0 fully saturated rings. The number of rotatable bonds is 5. The molecule has 4 rings (SSSR count). The summed E-state index contributed by atoms with van der Waals surface area (Å²) < 4.78 is 7.05. The monoisotopic (exact) mass is 394 g/mol. The topological polar surface area (TPSA) is 73.9 Å². The van der Waals surface area contributed by atoms with Gasteiger partial charge in [0.25, 0.3) is 0 Å². The van der Waals surface area contributed by atoms with Gasteiger partial charge in [-0.2, -0.15) is 10.5 Å². The van der Waals surface area contributed by atoms with Crippen molar-refractivity contribution in [3.8, 4) is 17.9 Å². The van der Waals surface area contributed by atoms with Gasteiger partial charge in [-0.1, -0.05) is 24.3 Å². The molecule has 29 heavy (non-hydrogen) atoms. The van der Waals surface area contributed by atoms with Gasteiger partial charge in [0.05, 0.1) is 23.3 Å². The number of ether oxygens (including phenoxy) is 1. The molecule has 0 bridgehead atoms. The number of thiophene rings is 1. The Balaban J connectivity index is 1.71. The summed E-state index contributed by atoms with van der Waals surface area (Å²) in [6.07, 6.45) is 0. The summed E-state index contributed by atoms with van der Waals surface area (Å²) in [5, 5.41) is 18.9. The number of nitrogens with zero attached hydrogens (tertiary/aromatic N) is 2. The van der Waals surface area contributed by atoms with Crippen molar-refractivity contribution in [2.45, 2.75) is 6.61 Å². The lowest BCUT2D eigenvalue weighted by molar-refractivity contribution is 0.103. The highest BCUT2D eigenvalue weighted by Crippen LogP contribution is 2.39. The molecule has 0 radical (unpaired) electrons. The van der Waals surface area contributed by atoms with E-state index in [0.717, 1.165) is 15.6 Å². The third kappa shape index (κ3) is 3.73. The molecule has 0 saturated carbocycles. The zero-order chi connectivity index (χ0) is 20.2. The minimum atomic E-state index is -0.142. The summed E-state index contributed by atoms with van der Waals surface area (Å²) in [6.45, 7) is 0.254. The Morgan fingerprint density at radius 3 is 2.41 bits per heavy atom. The number of carbonyl (C=O) groups is 1. The van der Waals surface area contributed by atoms with Crippen molar-refractivity contribution in [2.24, 2.45) is 0 Å². The van der Waals surface area contributed by atoms with Gasteiger partial charge in [0, 0.05) is 15.6 Å². The Labute approximate surface area is 171 Å². The van der Waals surface area contributed by atoms with Gasteiger partial charge in [0.2, 0.25) is 5.78 Å². The van der Waals surface area contributed by atoms with Crippen LogP contribution in [0.5, 0.6) is 5.75 Å². The van der Waals surface area contributed by atoms with Crippen LogP contribution in [0.15, 0.2) is 72.8 Å². The Morgan fingerprint density at radius 1 is 0.897 bits per heavy atom. The van der Waals surface area contributed by atoms with Gasteiger partial charge in [-0.3, -0.25) is 4.79 Å². The largest absolute Gasteiger partial charge is 0.487 e. The minimum absolute atomic E-state index is 0.142. The summed E-state index contributed by atoms with van der Waals surface area (Å²) in [5.74, 6) is 0.402. The van der Waals surface area contributed by atoms with E-state index in [1.165, 1.54) is 11.3 Å². The van der Waals surface area contributed by atoms with Crippen molar-refractivity contribution >= 4 is 27.2 Å². The second kappa shape index (κ2) is 7.98. The molecule has 0 aliphatic carbocycles. The Morgan fingerprint density at radius 2 is 1.66 bits per heavy atom. The molecule has 0 unspecified atom stereocenters. The number of nitriles is 2. The van der Waals surface area contributed by atoms with Crippen LogP contribution in [-0.4, -0.2) is 5.78 Å². The number of hydrogen-bond acceptors (Lipinski definition) is 5. The fourth-order valence-electron chi connectivity index (χ4n) is 3.03. The predicted molar refractivity (Wildman–Crippen MR) is 112 cm³/mol. The molecule has 0 saturated heterocycles. The molecule has 0 spiro atoms. The van der Waals surface area contributed by atoms with Gasteiger partial charge >= 0.3 is 0 Å². The first-order chi connectivity index (χ1) is 14.2. The normalized spacial score (nSPS) is 10.3. The van der Waals surface area contributed by atoms with Crippen LogP contribution in [0.4, 0.5) is 0 Å². The van der Waals surface area contributed by atoms with Crippen LogP contribution >= 0.6 is 11.3 Å². The van der Waals surface area contributed by atoms with Crippen molar-refractivity contribution in [1.82, 2.24) is 0 Å². The average molecular weight is 394 g/mol. The lowest BCUT2D eigenvalue weighted by atomic mass is 10.1. The van der Waals surface area contributed by atoms with E-state index in [1.807, 2.05) is 36.4 Å². The molecule has 5 heteroatoms. The molecule has 4 nitrogen and oxygen atoms in total. The van der Waals surface area contributed by atoms with Crippen molar-refractivity contribution in [3.05, 3.63) is 99.9 Å². The van der Waals surface area contributed by atoms with Crippen molar-refractivity contribution in [3.63, 3.8) is 0 Å². The van der Waals surface area contributed by atoms with Crippen LogP contribution in [0.2, 0.25) is 0 Å². The first-order valence-electron chi connectivity index (χ1n) is 8.88. The van der Waals surface area contributed by atoms with Crippen LogP contribution < -0.4 is 4.74 Å². The van der Waals surface area contributed by atoms with Crippen LogP contribution in [-0.2, 0) is 6.61 Å². The third-order valence-electron chi connectivity index (χ3n) is 4.47. The van der Waals surface area contributed by atoms with E-state index >= 15 is 0 Å². The maximum absolute atomic E-state index is 13.2. The van der Waals surface area contributed by atoms with Gasteiger partial charge in [0.15, 0.2) is 0 Å². The third-order valence-corrected chi connectivity index (χ3v) is 5.62. The molecule has 1 heterocycles. The molecule has 138 valence electrons. The molecule has 1 aromatic heterocycles. The number of carbonyl (C=O) groups excluding carboxylic acids is 1. The van der Waals surface area contributed by atoms with Gasteiger partial charge in [-0.05, 0) is 54.1 Å². The second-order valence-corrected chi connectivity index (χ2v) is 7.43. The molecule has 0 atom stereocenters. The first kappa shape index (κ1) is 18.4. The summed E-state index contributed by atoms with van der Waals surface area (Å²) in [4.78, 5) is 13.7. The average Bonchev–Trinajstić information content (AvgIpc) is 3.16. The van der Waals surface area contributed by atoms with E-state index in [9.17, 15) is 4.79 Å². The Kier molecular flexibility index (Phi) is 5.07. The summed E-state index contributed by atoms with van der Waals surface area (Å²) in [7, 11) is 0. The number of ketones is 1. The molecule has 4 aromatic rings. The predicted octanol–water partition coefficient (Wildman–Crippen LogP) is 5.45. The van der Waals surface area contributed by atoms with Crippen LogP contribution in [0.1, 0.15) is 31.9 Å². The lowest BCUT2D eigenvalue weighted by Gasteiger charge is -2.08. The van der Waals surface area contributed by atoms with Gasteiger partial charge in [-0.25, -0.2) is 0 Å². The fraction of sp³-hybridized carbons (Fsp3) is 0.0417. The Bertz CT molecular complexity index is 1290. The molecular formula is C24H14N2O2S. The van der Waals surface area contributed by atoms with Crippen LogP contribution in [0, 0.1) is 22.7 Å². The number of benzene rings is 3. The molecule has 0 aliphatic heterocycles. The highest BCUT2D eigenvalue weighted by Gasteiger charge is 2.21. The molecular weight excluding hydrogens is 380 g/mol. The van der Waals surface area contributed by atoms with Crippen molar-refractivity contribution in [2.75, 3.05) is 0 Å². The molecule has 0 N–H and O–H groups in total. The van der Waals surface area contributed by atoms with E-state index in [2.05, 4.69) is 12.1 Å². The summed E-state index contributed by atoms with van der Waals surface area (Å²) in [5.41, 5.74) is 2.44. The number of fused-ring (bicyclic) bond motifs is 1. The summed E-state index contributed by atoms with van der Waals surface area (Å²) in [6, 6.07) is 25.7. The van der Waals surface area contributed by atoms with Crippen molar-refractivity contribution in [1.29, 1.82) is 10.5 Å². The van der Waals surface area contributed by atoms with Gasteiger partial charge in [0.1, 0.15) is 17.2 Å². The zero-order valence-electron chi connectivity index (χ0n) is 15.3. The minimum Gasteiger partial charge on any atom is -0.487 e. The summed E-state index contributed by atoms with van der Waals surface area (Å²) >= 11 is 1.39. The Hall–Kier alpha value is -3.93. The first-order valence-corrected chi connectivity index (χ1v) is 9.69. The maximum atomic E-state index is 13.2.